The maximum atomic E-state index is 6.00. The van der Waals surface area contributed by atoms with Crippen molar-refractivity contribution >= 4 is 64.6 Å². The van der Waals surface area contributed by atoms with Crippen molar-refractivity contribution in [2.24, 2.45) is 4.99 Å². The number of ether oxygens (including phenoxy) is 1. The van der Waals surface area contributed by atoms with E-state index in [0.29, 0.717) is 0 Å². The average molecular weight is 490 g/mol. The van der Waals surface area contributed by atoms with Crippen LogP contribution >= 0.6 is 58.7 Å². The van der Waals surface area contributed by atoms with Crippen LogP contribution in [0.15, 0.2) is 17.1 Å². The number of hydrogen-bond donors (Lipinski definition) is 1. The number of hydrogen-bond acceptors (Lipinski definition) is 4. The van der Waals surface area contributed by atoms with Gasteiger partial charge in [-0.1, -0.05) is 11.6 Å². The third-order valence-corrected chi connectivity index (χ3v) is 6.64. The minimum absolute atomic E-state index is 0. The highest BCUT2D eigenvalue weighted by Crippen LogP contribution is 2.33. The lowest BCUT2D eigenvalue weighted by Crippen LogP contribution is -2.48. The first kappa shape index (κ1) is 21.3. The molecule has 23 heavy (non-hydrogen) atoms. The second kappa shape index (κ2) is 10.3. The van der Waals surface area contributed by atoms with Crippen molar-refractivity contribution in [2.45, 2.75) is 24.1 Å². The van der Waals surface area contributed by atoms with Crippen LogP contribution in [0.3, 0.4) is 0 Å². The van der Waals surface area contributed by atoms with Crippen molar-refractivity contribution in [3.63, 3.8) is 0 Å². The van der Waals surface area contributed by atoms with Crippen LogP contribution < -0.4 is 5.32 Å². The first-order chi connectivity index (χ1) is 10.6. The smallest absolute Gasteiger partial charge is 0.193 e. The van der Waals surface area contributed by atoms with E-state index in [9.17, 15) is 0 Å². The molecule has 4 nitrogen and oxygen atoms in total. The molecule has 0 aromatic carbocycles. The zero-order valence-corrected chi connectivity index (χ0v) is 18.5. The fourth-order valence-electron chi connectivity index (χ4n) is 2.57. The highest BCUT2D eigenvalue weighted by atomic mass is 127. The molecule has 2 heterocycles. The van der Waals surface area contributed by atoms with Gasteiger partial charge in [0.25, 0.3) is 0 Å². The number of aliphatic imine (C=N–C) groups is 1. The molecular weight excluding hydrogens is 465 g/mol. The van der Waals surface area contributed by atoms with Gasteiger partial charge in [-0.25, -0.2) is 0 Å². The molecule has 0 radical (unpaired) electrons. The van der Waals surface area contributed by atoms with Crippen molar-refractivity contribution < 1.29 is 4.74 Å². The van der Waals surface area contributed by atoms with E-state index in [2.05, 4.69) is 34.6 Å². The predicted octanol–water partition coefficient (Wildman–Crippen LogP) is 3.94. The third-order valence-electron chi connectivity index (χ3n) is 4.00. The quantitative estimate of drug-likeness (QED) is 0.386. The Morgan fingerprint density at radius 3 is 2.70 bits per heavy atom. The van der Waals surface area contributed by atoms with Gasteiger partial charge < -0.3 is 15.0 Å². The largest absolute Gasteiger partial charge is 0.381 e. The number of halogens is 2. The summed E-state index contributed by atoms with van der Waals surface area (Å²) in [5, 5.41) is 3.53. The van der Waals surface area contributed by atoms with Crippen LogP contribution in [0.1, 0.15) is 17.7 Å². The molecule has 1 aliphatic rings. The van der Waals surface area contributed by atoms with Crippen molar-refractivity contribution in [3.8, 4) is 0 Å². The van der Waals surface area contributed by atoms with Gasteiger partial charge in [0.1, 0.15) is 0 Å². The van der Waals surface area contributed by atoms with Crippen LogP contribution in [-0.4, -0.2) is 55.7 Å². The van der Waals surface area contributed by atoms with Gasteiger partial charge in [-0.2, -0.15) is 11.8 Å². The number of guanidine groups is 1. The molecule has 0 bridgehead atoms. The molecule has 1 aromatic rings. The summed E-state index contributed by atoms with van der Waals surface area (Å²) in [4.78, 5) is 7.77. The van der Waals surface area contributed by atoms with E-state index in [1.54, 1.807) is 11.3 Å². The van der Waals surface area contributed by atoms with Crippen LogP contribution in [0, 0.1) is 0 Å². The Bertz CT molecular complexity index is 507. The van der Waals surface area contributed by atoms with Crippen LogP contribution in [0.5, 0.6) is 0 Å². The number of nitrogens with zero attached hydrogens (tertiary/aromatic N) is 2. The van der Waals surface area contributed by atoms with Gasteiger partial charge in [-0.3, -0.25) is 4.99 Å². The number of thioether (sulfide) groups is 1. The second-order valence-corrected chi connectivity index (χ2v) is 8.54. The molecule has 132 valence electrons. The van der Waals surface area contributed by atoms with E-state index < -0.39 is 0 Å². The normalized spacial score (nSPS) is 17.5. The maximum Gasteiger partial charge on any atom is 0.193 e. The zero-order chi connectivity index (χ0) is 16.0. The van der Waals surface area contributed by atoms with E-state index in [1.807, 2.05) is 24.9 Å². The summed E-state index contributed by atoms with van der Waals surface area (Å²) in [7, 11) is 3.88. The molecular formula is C15H25ClIN3OS2. The van der Waals surface area contributed by atoms with Gasteiger partial charge in [0, 0.05) is 43.5 Å². The van der Waals surface area contributed by atoms with Gasteiger partial charge in [0.15, 0.2) is 5.96 Å². The molecule has 8 heteroatoms. The van der Waals surface area contributed by atoms with E-state index >= 15 is 0 Å². The van der Waals surface area contributed by atoms with Gasteiger partial charge in [0.05, 0.1) is 10.9 Å². The molecule has 1 aliphatic heterocycles. The lowest BCUT2D eigenvalue weighted by Gasteiger charge is -2.36. The minimum Gasteiger partial charge on any atom is -0.381 e. The highest BCUT2D eigenvalue weighted by molar-refractivity contribution is 14.0. The van der Waals surface area contributed by atoms with Gasteiger partial charge in [-0.05, 0) is 31.2 Å². The zero-order valence-electron chi connectivity index (χ0n) is 13.8. The summed E-state index contributed by atoms with van der Waals surface area (Å²) >= 11 is 9.54. The molecule has 0 unspecified atom stereocenters. The Hall–Kier alpha value is 0.300. The van der Waals surface area contributed by atoms with E-state index in [1.165, 1.54) is 4.88 Å². The summed E-state index contributed by atoms with van der Waals surface area (Å²) in [6.45, 7) is 3.43. The second-order valence-electron chi connectivity index (χ2n) is 5.46. The number of thiophene rings is 1. The minimum atomic E-state index is 0. The Balaban J connectivity index is 0.00000264. The lowest BCUT2D eigenvalue weighted by atomic mass is 9.99. The Labute approximate surface area is 169 Å². The standard InChI is InChI=1S/C15H24ClN3OS2.HI/c1-17-14(19(2)10-12-4-5-13(16)22-12)18-11-15(21-3)6-8-20-9-7-15;/h4-5H,6-11H2,1-3H3,(H,17,18);1H. The fourth-order valence-corrected chi connectivity index (χ4v) is 4.50. The van der Waals surface area contributed by atoms with E-state index in [0.717, 1.165) is 49.4 Å². The molecule has 0 saturated carbocycles. The van der Waals surface area contributed by atoms with Gasteiger partial charge >= 0.3 is 0 Å². The fraction of sp³-hybridized carbons (Fsp3) is 0.667. The Morgan fingerprint density at radius 2 is 2.17 bits per heavy atom. The van der Waals surface area contributed by atoms with Crippen molar-refractivity contribution in [2.75, 3.05) is 40.1 Å². The molecule has 2 rings (SSSR count). The van der Waals surface area contributed by atoms with Crippen molar-refractivity contribution in [1.29, 1.82) is 0 Å². The summed E-state index contributed by atoms with van der Waals surface area (Å²) in [5.74, 6) is 0.921. The van der Waals surface area contributed by atoms with Gasteiger partial charge in [0.2, 0.25) is 0 Å². The predicted molar refractivity (Wildman–Crippen MR) is 114 cm³/mol. The Kier molecular flexibility index (Phi) is 9.58. The molecule has 0 amide bonds. The monoisotopic (exact) mass is 489 g/mol. The lowest BCUT2D eigenvalue weighted by molar-refractivity contribution is 0.0781. The molecule has 1 aromatic heterocycles. The van der Waals surface area contributed by atoms with Crippen LogP contribution in [0.2, 0.25) is 4.34 Å². The van der Waals surface area contributed by atoms with Crippen LogP contribution in [-0.2, 0) is 11.3 Å². The van der Waals surface area contributed by atoms with E-state index in [4.69, 9.17) is 16.3 Å². The Morgan fingerprint density at radius 1 is 1.48 bits per heavy atom. The van der Waals surface area contributed by atoms with Crippen molar-refractivity contribution in [1.82, 2.24) is 10.2 Å². The van der Waals surface area contributed by atoms with E-state index in [-0.39, 0.29) is 28.7 Å². The first-order valence-corrected chi connectivity index (χ1v) is 9.79. The maximum absolute atomic E-state index is 6.00. The first-order valence-electron chi connectivity index (χ1n) is 7.37. The van der Waals surface area contributed by atoms with Crippen LogP contribution in [0.4, 0.5) is 0 Å². The molecule has 0 aliphatic carbocycles. The molecule has 0 spiro atoms. The summed E-state index contributed by atoms with van der Waals surface area (Å²) in [6, 6.07) is 4.01. The molecule has 1 saturated heterocycles. The highest BCUT2D eigenvalue weighted by Gasteiger charge is 2.32. The average Bonchev–Trinajstić information content (AvgIpc) is 2.94. The van der Waals surface area contributed by atoms with Gasteiger partial charge in [-0.15, -0.1) is 35.3 Å². The molecule has 1 fully saturated rings. The summed E-state index contributed by atoms with van der Waals surface area (Å²) in [6.07, 6.45) is 4.36. The summed E-state index contributed by atoms with van der Waals surface area (Å²) < 4.78 is 6.58. The van der Waals surface area contributed by atoms with Crippen LogP contribution in [0.25, 0.3) is 0 Å². The molecule has 0 atom stereocenters. The van der Waals surface area contributed by atoms with Crippen molar-refractivity contribution in [3.05, 3.63) is 21.3 Å². The SMILES string of the molecule is CN=C(NCC1(SC)CCOCC1)N(C)Cc1ccc(Cl)s1.I. The molecule has 1 N–H and O–H groups in total. The number of nitrogens with one attached hydrogen (secondary N) is 1. The topological polar surface area (TPSA) is 36.9 Å². The number of rotatable bonds is 5. The summed E-state index contributed by atoms with van der Waals surface area (Å²) in [5.41, 5.74) is 0. The third kappa shape index (κ3) is 6.26.